The Morgan fingerprint density at radius 3 is 2.67 bits per heavy atom. The number of nitrogens with two attached hydrogens (primary N) is 1. The van der Waals surface area contributed by atoms with Crippen LogP contribution in [-0.2, 0) is 0 Å². The maximum Gasteiger partial charge on any atom is 0.223 e. The minimum Gasteiger partial charge on any atom is -0.493 e. The molecule has 0 aliphatic heterocycles. The molecule has 4 nitrogen and oxygen atoms in total. The fourth-order valence-corrected chi connectivity index (χ4v) is 1.50. The van der Waals surface area contributed by atoms with E-state index in [1.807, 2.05) is 13.8 Å². The molecule has 0 aliphatic carbocycles. The van der Waals surface area contributed by atoms with Crippen LogP contribution in [0.3, 0.4) is 0 Å². The van der Waals surface area contributed by atoms with Gasteiger partial charge in [0.15, 0.2) is 0 Å². The molecule has 0 fully saturated rings. The second-order valence-corrected chi connectivity index (χ2v) is 3.54. The summed E-state index contributed by atoms with van der Waals surface area (Å²) in [5.74, 6) is 0.0712. The highest BCUT2D eigenvalue weighted by Crippen LogP contribution is 2.26. The van der Waals surface area contributed by atoms with Crippen molar-refractivity contribution < 1.29 is 5.11 Å². The summed E-state index contributed by atoms with van der Waals surface area (Å²) in [7, 11) is 0. The van der Waals surface area contributed by atoms with Crippen molar-refractivity contribution in [2.24, 2.45) is 0 Å². The smallest absolute Gasteiger partial charge is 0.223 e. The Kier molecular flexibility index (Phi) is 3.66. The number of aryl methyl sites for hydroxylation is 1. The van der Waals surface area contributed by atoms with Crippen LogP contribution in [0.2, 0.25) is 0 Å². The van der Waals surface area contributed by atoms with E-state index >= 15 is 0 Å². The highest BCUT2D eigenvalue weighted by atomic mass is 16.3. The Labute approximate surface area is 89.9 Å². The average molecular weight is 207 g/mol. The lowest BCUT2D eigenvalue weighted by atomic mass is 10.1. The van der Waals surface area contributed by atoms with Crippen molar-refractivity contribution in [3.05, 3.63) is 17.3 Å². The second-order valence-electron chi connectivity index (χ2n) is 3.54. The fourth-order valence-electron chi connectivity index (χ4n) is 1.50. The fraction of sp³-hybridized carbons (Fsp3) is 0.455. The quantitative estimate of drug-likeness (QED) is 0.797. The Balaban J connectivity index is 3.14. The first-order valence-corrected chi connectivity index (χ1v) is 5.06. The summed E-state index contributed by atoms with van der Waals surface area (Å²) in [4.78, 5) is 7.77. The first-order valence-electron chi connectivity index (χ1n) is 5.06. The van der Waals surface area contributed by atoms with Crippen LogP contribution in [0.15, 0.2) is 6.08 Å². The van der Waals surface area contributed by atoms with Gasteiger partial charge in [-0.1, -0.05) is 19.4 Å². The molecule has 82 valence electrons. The van der Waals surface area contributed by atoms with Crippen molar-refractivity contribution in [1.82, 2.24) is 9.97 Å². The van der Waals surface area contributed by atoms with Gasteiger partial charge in [-0.2, -0.15) is 4.98 Å². The van der Waals surface area contributed by atoms with Gasteiger partial charge in [0.2, 0.25) is 11.8 Å². The predicted molar refractivity (Wildman–Crippen MR) is 61.4 cm³/mol. The summed E-state index contributed by atoms with van der Waals surface area (Å²) in [6, 6.07) is 0. The van der Waals surface area contributed by atoms with E-state index in [9.17, 15) is 5.11 Å². The van der Waals surface area contributed by atoms with Gasteiger partial charge in [-0.25, -0.2) is 4.98 Å². The Morgan fingerprint density at radius 2 is 2.13 bits per heavy atom. The van der Waals surface area contributed by atoms with Gasteiger partial charge in [0.1, 0.15) is 0 Å². The van der Waals surface area contributed by atoms with Crippen molar-refractivity contribution in [3.63, 3.8) is 0 Å². The normalized spacial score (nSPS) is 11.8. The van der Waals surface area contributed by atoms with Gasteiger partial charge in [-0.15, -0.1) is 0 Å². The van der Waals surface area contributed by atoms with Gasteiger partial charge in [0.25, 0.3) is 0 Å². The van der Waals surface area contributed by atoms with Gasteiger partial charge in [0, 0.05) is 0 Å². The Bertz CT molecular complexity index is 362. The van der Waals surface area contributed by atoms with E-state index in [-0.39, 0.29) is 11.8 Å². The SMILES string of the molecule is CCC/C=C(/C)c1c(C)nc(N)nc1O. The van der Waals surface area contributed by atoms with E-state index < -0.39 is 0 Å². The first-order chi connectivity index (χ1) is 7.06. The van der Waals surface area contributed by atoms with Crippen molar-refractivity contribution in [3.8, 4) is 5.88 Å². The molecule has 0 saturated carbocycles. The molecule has 4 heteroatoms. The maximum atomic E-state index is 9.67. The van der Waals surface area contributed by atoms with E-state index in [4.69, 9.17) is 5.73 Å². The van der Waals surface area contributed by atoms with Crippen LogP contribution in [-0.4, -0.2) is 15.1 Å². The standard InChI is InChI=1S/C11H17N3O/c1-4-5-6-7(2)9-8(3)13-11(12)14-10(9)15/h6H,4-5H2,1-3H3,(H3,12,13,14,15)/b7-6-. The number of nitrogens with zero attached hydrogens (tertiary/aromatic N) is 2. The average Bonchev–Trinajstić information content (AvgIpc) is 2.12. The molecule has 0 saturated heterocycles. The number of hydrogen-bond donors (Lipinski definition) is 2. The zero-order valence-electron chi connectivity index (χ0n) is 9.41. The largest absolute Gasteiger partial charge is 0.493 e. The second kappa shape index (κ2) is 4.77. The van der Waals surface area contributed by atoms with Crippen LogP contribution >= 0.6 is 0 Å². The van der Waals surface area contributed by atoms with Gasteiger partial charge in [-0.3, -0.25) is 0 Å². The minimum atomic E-state index is -0.0372. The van der Waals surface area contributed by atoms with E-state index in [1.165, 1.54) is 0 Å². The van der Waals surface area contributed by atoms with Crippen LogP contribution in [0.25, 0.3) is 5.57 Å². The Morgan fingerprint density at radius 1 is 1.47 bits per heavy atom. The van der Waals surface area contributed by atoms with Crippen molar-refractivity contribution in [2.75, 3.05) is 5.73 Å². The molecule has 1 rings (SSSR count). The van der Waals surface area contributed by atoms with Gasteiger partial charge in [0.05, 0.1) is 11.3 Å². The number of unbranched alkanes of at least 4 members (excludes halogenated alkanes) is 1. The lowest BCUT2D eigenvalue weighted by molar-refractivity contribution is 0.450. The van der Waals surface area contributed by atoms with E-state index in [0.717, 1.165) is 18.4 Å². The minimum absolute atomic E-state index is 0.0372. The third-order valence-electron chi connectivity index (χ3n) is 2.22. The third kappa shape index (κ3) is 2.68. The third-order valence-corrected chi connectivity index (χ3v) is 2.22. The Hall–Kier alpha value is -1.58. The summed E-state index contributed by atoms with van der Waals surface area (Å²) in [5, 5.41) is 9.67. The zero-order chi connectivity index (χ0) is 11.4. The van der Waals surface area contributed by atoms with Gasteiger partial charge in [-0.05, 0) is 25.8 Å². The lowest BCUT2D eigenvalue weighted by Gasteiger charge is -2.07. The van der Waals surface area contributed by atoms with Crippen molar-refractivity contribution in [2.45, 2.75) is 33.6 Å². The predicted octanol–water partition coefficient (Wildman–Crippen LogP) is 2.28. The number of rotatable bonds is 3. The molecular weight excluding hydrogens is 190 g/mol. The zero-order valence-corrected chi connectivity index (χ0v) is 9.41. The highest BCUT2D eigenvalue weighted by molar-refractivity contribution is 5.69. The molecule has 3 N–H and O–H groups in total. The van der Waals surface area contributed by atoms with E-state index in [1.54, 1.807) is 0 Å². The van der Waals surface area contributed by atoms with E-state index in [0.29, 0.717) is 11.3 Å². The molecule has 0 atom stereocenters. The highest BCUT2D eigenvalue weighted by Gasteiger charge is 2.10. The molecule has 0 unspecified atom stereocenters. The molecule has 1 aromatic rings. The van der Waals surface area contributed by atoms with Crippen LogP contribution < -0.4 is 5.73 Å². The number of nitrogen functional groups attached to an aromatic ring is 1. The van der Waals surface area contributed by atoms with Crippen molar-refractivity contribution in [1.29, 1.82) is 0 Å². The number of hydrogen-bond acceptors (Lipinski definition) is 4. The molecule has 15 heavy (non-hydrogen) atoms. The molecular formula is C11H17N3O. The molecule has 0 bridgehead atoms. The number of aromatic hydroxyl groups is 1. The van der Waals surface area contributed by atoms with Gasteiger partial charge < -0.3 is 10.8 Å². The van der Waals surface area contributed by atoms with Crippen LogP contribution in [0.5, 0.6) is 5.88 Å². The first kappa shape index (κ1) is 11.5. The monoisotopic (exact) mass is 207 g/mol. The molecule has 0 amide bonds. The molecule has 0 radical (unpaired) electrons. The molecule has 1 aromatic heterocycles. The lowest BCUT2D eigenvalue weighted by Crippen LogP contribution is -2.00. The van der Waals surface area contributed by atoms with Crippen molar-refractivity contribution >= 4 is 11.5 Å². The number of anilines is 1. The summed E-state index contributed by atoms with van der Waals surface area (Å²) >= 11 is 0. The number of aromatic nitrogens is 2. The summed E-state index contributed by atoms with van der Waals surface area (Å²) in [6.07, 6.45) is 4.13. The van der Waals surface area contributed by atoms with Crippen LogP contribution in [0.4, 0.5) is 5.95 Å². The topological polar surface area (TPSA) is 72.0 Å². The molecule has 1 heterocycles. The maximum absolute atomic E-state index is 9.67. The molecule has 0 spiro atoms. The summed E-state index contributed by atoms with van der Waals surface area (Å²) < 4.78 is 0. The van der Waals surface area contributed by atoms with Gasteiger partial charge >= 0.3 is 0 Å². The van der Waals surface area contributed by atoms with Crippen LogP contribution in [0.1, 0.15) is 37.9 Å². The number of allylic oxidation sites excluding steroid dienone is 2. The van der Waals surface area contributed by atoms with E-state index in [2.05, 4.69) is 23.0 Å². The summed E-state index contributed by atoms with van der Waals surface area (Å²) in [5.41, 5.74) is 7.82. The van der Waals surface area contributed by atoms with Crippen LogP contribution in [0, 0.1) is 6.92 Å². The molecule has 0 aliphatic rings. The summed E-state index contributed by atoms with van der Waals surface area (Å²) in [6.45, 7) is 5.86. The molecule has 0 aromatic carbocycles.